The van der Waals surface area contributed by atoms with Gasteiger partial charge in [0, 0.05) is 17.0 Å². The molecule has 4 nitrogen and oxygen atoms in total. The number of aliphatic hydroxyl groups is 1. The smallest absolute Gasteiger partial charge is 0.149 e. The fourth-order valence-electron chi connectivity index (χ4n) is 3.21. The molecule has 0 spiro atoms. The number of thiophene rings is 1. The van der Waals surface area contributed by atoms with Crippen molar-refractivity contribution in [3.63, 3.8) is 0 Å². The van der Waals surface area contributed by atoms with Crippen molar-refractivity contribution in [2.45, 2.75) is 82.7 Å². The number of nitrogens with one attached hydrogen (secondary N) is 1. The van der Waals surface area contributed by atoms with Crippen LogP contribution in [0.2, 0.25) is 0 Å². The summed E-state index contributed by atoms with van der Waals surface area (Å²) in [5.74, 6) is 0.433. The van der Waals surface area contributed by atoms with E-state index in [1.54, 1.807) is 20.8 Å². The molecule has 32 heavy (non-hydrogen) atoms. The van der Waals surface area contributed by atoms with Gasteiger partial charge >= 0.3 is 0 Å². The molecule has 0 aliphatic heterocycles. The lowest BCUT2D eigenvalue weighted by molar-refractivity contribution is 0.0823. The van der Waals surface area contributed by atoms with Crippen molar-refractivity contribution in [3.8, 4) is 0 Å². The third-order valence-electron chi connectivity index (χ3n) is 4.62. The molecule has 0 bridgehead atoms. The number of hydrogen-bond donors (Lipinski definition) is 4. The molecule has 0 aliphatic rings. The summed E-state index contributed by atoms with van der Waals surface area (Å²) in [5, 5.41) is 17.9. The average molecular weight is 486 g/mol. The minimum atomic E-state index is -0.987. The predicted octanol–water partition coefficient (Wildman–Crippen LogP) is 6.59. The van der Waals surface area contributed by atoms with Crippen molar-refractivity contribution in [1.29, 1.82) is 0 Å². The number of halogens is 2. The fourth-order valence-corrected chi connectivity index (χ4v) is 4.61. The SMILES string of the molecule is C=C(N)Nc1c(CCC)cc(CC(C)F)cc1C(C)C.CC(C)(O)c1cc(F)c(SN)s1. The zero-order valence-electron chi connectivity index (χ0n) is 19.9. The monoisotopic (exact) mass is 485 g/mol. The molecule has 0 amide bonds. The van der Waals surface area contributed by atoms with Crippen molar-refractivity contribution in [2.75, 3.05) is 5.32 Å². The summed E-state index contributed by atoms with van der Waals surface area (Å²) in [6.07, 6.45) is 1.62. The van der Waals surface area contributed by atoms with Gasteiger partial charge in [-0.3, -0.25) is 5.14 Å². The maximum Gasteiger partial charge on any atom is 0.149 e. The highest BCUT2D eigenvalue weighted by molar-refractivity contribution is 7.99. The fraction of sp³-hybridized carbons (Fsp3) is 0.500. The van der Waals surface area contributed by atoms with Gasteiger partial charge in [0.05, 0.1) is 11.4 Å². The van der Waals surface area contributed by atoms with Crippen LogP contribution in [0.1, 0.15) is 75.4 Å². The first kappa shape index (κ1) is 28.4. The van der Waals surface area contributed by atoms with E-state index in [4.69, 9.17) is 10.9 Å². The van der Waals surface area contributed by atoms with Crippen LogP contribution in [0, 0.1) is 5.82 Å². The predicted molar refractivity (Wildman–Crippen MR) is 135 cm³/mol. The molecular weight excluding hydrogens is 448 g/mol. The summed E-state index contributed by atoms with van der Waals surface area (Å²) in [5.41, 5.74) is 9.20. The molecule has 0 aliphatic carbocycles. The molecule has 0 saturated heterocycles. The van der Waals surface area contributed by atoms with Crippen LogP contribution in [-0.2, 0) is 18.4 Å². The van der Waals surface area contributed by atoms with Gasteiger partial charge in [-0.2, -0.15) is 0 Å². The van der Waals surface area contributed by atoms with Crippen molar-refractivity contribution in [2.24, 2.45) is 10.9 Å². The maximum absolute atomic E-state index is 13.3. The van der Waals surface area contributed by atoms with Crippen molar-refractivity contribution in [3.05, 3.63) is 58.0 Å². The second-order valence-corrected chi connectivity index (χ2v) is 10.6. The summed E-state index contributed by atoms with van der Waals surface area (Å²) in [7, 11) is 0. The van der Waals surface area contributed by atoms with Crippen LogP contribution >= 0.6 is 23.3 Å². The lowest BCUT2D eigenvalue weighted by Gasteiger charge is -2.21. The Bertz CT molecular complexity index is 890. The van der Waals surface area contributed by atoms with E-state index in [0.29, 0.717) is 27.2 Å². The number of hydrogen-bond acceptors (Lipinski definition) is 6. The van der Waals surface area contributed by atoms with Gasteiger partial charge in [0.25, 0.3) is 0 Å². The van der Waals surface area contributed by atoms with Crippen LogP contribution in [0.4, 0.5) is 14.5 Å². The van der Waals surface area contributed by atoms with E-state index in [2.05, 4.69) is 44.8 Å². The summed E-state index contributed by atoms with van der Waals surface area (Å²) < 4.78 is 26.6. The number of aryl methyl sites for hydroxylation is 1. The van der Waals surface area contributed by atoms with Gasteiger partial charge in [-0.1, -0.05) is 45.9 Å². The Morgan fingerprint density at radius 3 is 2.28 bits per heavy atom. The largest absolute Gasteiger partial charge is 0.386 e. The van der Waals surface area contributed by atoms with E-state index >= 15 is 0 Å². The zero-order chi connectivity index (χ0) is 24.6. The van der Waals surface area contributed by atoms with Crippen LogP contribution in [0.3, 0.4) is 0 Å². The van der Waals surface area contributed by atoms with Crippen LogP contribution in [0.15, 0.2) is 34.8 Å². The highest BCUT2D eigenvalue weighted by Crippen LogP contribution is 2.34. The number of nitrogens with two attached hydrogens (primary N) is 2. The Balaban J connectivity index is 0.000000363. The molecule has 1 aromatic heterocycles. The van der Waals surface area contributed by atoms with Gasteiger partial charge in [-0.05, 0) is 67.8 Å². The molecule has 180 valence electrons. The molecule has 1 unspecified atom stereocenters. The molecule has 2 aromatic rings. The third-order valence-corrected chi connectivity index (χ3v) is 6.79. The van der Waals surface area contributed by atoms with Gasteiger partial charge in [-0.25, -0.2) is 8.78 Å². The molecule has 1 heterocycles. The van der Waals surface area contributed by atoms with E-state index in [0.717, 1.165) is 36.0 Å². The summed E-state index contributed by atoms with van der Waals surface area (Å²) in [4.78, 5) is 0.591. The van der Waals surface area contributed by atoms with Crippen LogP contribution in [-0.4, -0.2) is 11.3 Å². The number of rotatable bonds is 9. The Morgan fingerprint density at radius 2 is 1.91 bits per heavy atom. The number of alkyl halides is 1. The van der Waals surface area contributed by atoms with Crippen molar-refractivity contribution >= 4 is 29.0 Å². The standard InChI is InChI=1S/C17H27FN2.C7H10FNOS2/c1-6-7-15-9-14(8-12(4)18)10-16(11(2)3)17(15)20-13(5)19;1-7(2,10)5-3-4(8)6(11-5)12-9/h9-12,20H,5-8,19H2,1-4H3;3,10H,9H2,1-2H3. The Kier molecular flexibility index (Phi) is 11.2. The van der Waals surface area contributed by atoms with Gasteiger partial charge in [0.2, 0.25) is 0 Å². The van der Waals surface area contributed by atoms with E-state index in [1.807, 2.05) is 0 Å². The minimum Gasteiger partial charge on any atom is -0.386 e. The minimum absolute atomic E-state index is 0.349. The molecule has 0 radical (unpaired) electrons. The quantitative estimate of drug-likeness (QED) is 0.301. The topological polar surface area (TPSA) is 84.3 Å². The molecule has 1 aromatic carbocycles. The zero-order valence-corrected chi connectivity index (χ0v) is 21.5. The summed E-state index contributed by atoms with van der Waals surface area (Å²) in [6.45, 7) is 15.0. The number of benzene rings is 1. The highest BCUT2D eigenvalue weighted by atomic mass is 32.2. The molecule has 8 heteroatoms. The first-order valence-electron chi connectivity index (χ1n) is 10.7. The lowest BCUT2D eigenvalue weighted by Crippen LogP contribution is -2.13. The van der Waals surface area contributed by atoms with E-state index in [1.165, 1.54) is 28.5 Å². The summed E-state index contributed by atoms with van der Waals surface area (Å²) >= 11 is 2.04. The van der Waals surface area contributed by atoms with Crippen LogP contribution in [0.25, 0.3) is 0 Å². The van der Waals surface area contributed by atoms with Gasteiger partial charge in [0.1, 0.15) is 16.2 Å². The molecular formula is C24H37F2N3OS2. The van der Waals surface area contributed by atoms with Crippen LogP contribution in [0.5, 0.6) is 0 Å². The molecule has 6 N–H and O–H groups in total. The Morgan fingerprint density at radius 1 is 1.28 bits per heavy atom. The number of anilines is 1. The molecule has 1 atom stereocenters. The van der Waals surface area contributed by atoms with Gasteiger partial charge < -0.3 is 16.2 Å². The maximum atomic E-state index is 13.3. The van der Waals surface area contributed by atoms with E-state index in [-0.39, 0.29) is 5.82 Å². The van der Waals surface area contributed by atoms with E-state index < -0.39 is 11.8 Å². The second-order valence-electron chi connectivity index (χ2n) is 8.68. The Hall–Kier alpha value is -1.61. The normalized spacial score (nSPS) is 12.3. The van der Waals surface area contributed by atoms with Crippen molar-refractivity contribution in [1.82, 2.24) is 0 Å². The summed E-state index contributed by atoms with van der Waals surface area (Å²) in [6, 6.07) is 5.50. The molecule has 0 fully saturated rings. The average Bonchev–Trinajstić information content (AvgIpc) is 3.04. The van der Waals surface area contributed by atoms with E-state index in [9.17, 15) is 13.9 Å². The molecule has 2 rings (SSSR count). The van der Waals surface area contributed by atoms with Crippen LogP contribution < -0.4 is 16.2 Å². The first-order valence-corrected chi connectivity index (χ1v) is 12.4. The Labute approximate surface area is 199 Å². The highest BCUT2D eigenvalue weighted by Gasteiger charge is 2.21. The molecule has 0 saturated carbocycles. The second kappa shape index (κ2) is 12.6. The van der Waals surface area contributed by atoms with Gasteiger partial charge in [0.15, 0.2) is 0 Å². The van der Waals surface area contributed by atoms with Gasteiger partial charge in [-0.15, -0.1) is 11.3 Å². The first-order chi connectivity index (χ1) is 14.8. The van der Waals surface area contributed by atoms with Crippen molar-refractivity contribution < 1.29 is 13.9 Å². The lowest BCUT2D eigenvalue weighted by atomic mass is 9.91. The third kappa shape index (κ3) is 8.73.